The molecular formula is C28H29NO2. The van der Waals surface area contributed by atoms with Gasteiger partial charge in [-0.15, -0.1) is 0 Å². The Labute approximate surface area is 184 Å². The van der Waals surface area contributed by atoms with Crippen molar-refractivity contribution in [2.24, 2.45) is 4.99 Å². The van der Waals surface area contributed by atoms with Crippen LogP contribution in [0, 0.1) is 0 Å². The van der Waals surface area contributed by atoms with E-state index in [-0.39, 0.29) is 11.5 Å². The molecule has 3 heteroatoms. The molecule has 2 aromatic carbocycles. The molecule has 0 fully saturated rings. The summed E-state index contributed by atoms with van der Waals surface area (Å²) < 4.78 is 12.3. The molecule has 0 bridgehead atoms. The molecule has 2 heterocycles. The summed E-state index contributed by atoms with van der Waals surface area (Å²) in [5.41, 5.74) is 7.03. The van der Waals surface area contributed by atoms with E-state index < -0.39 is 0 Å². The van der Waals surface area contributed by atoms with E-state index in [1.54, 1.807) is 0 Å². The van der Waals surface area contributed by atoms with Crippen LogP contribution in [0.2, 0.25) is 0 Å². The van der Waals surface area contributed by atoms with Gasteiger partial charge in [0, 0.05) is 17.0 Å². The van der Waals surface area contributed by atoms with Crippen molar-refractivity contribution in [3.05, 3.63) is 82.6 Å². The third-order valence-corrected chi connectivity index (χ3v) is 6.28. The molecule has 5 rings (SSSR count). The molecule has 0 amide bonds. The highest BCUT2D eigenvalue weighted by Crippen LogP contribution is 2.42. The number of para-hydroxylation sites is 1. The number of hydrogen-bond donors (Lipinski definition) is 0. The number of allylic oxidation sites excluding steroid dienone is 4. The minimum absolute atomic E-state index is 0.0885. The zero-order valence-electron chi connectivity index (χ0n) is 18.7. The molecule has 0 spiro atoms. The summed E-state index contributed by atoms with van der Waals surface area (Å²) in [5, 5.41) is 0. The molecule has 2 aromatic rings. The van der Waals surface area contributed by atoms with E-state index in [1.165, 1.54) is 16.7 Å². The summed E-state index contributed by atoms with van der Waals surface area (Å²) >= 11 is 0. The second-order valence-corrected chi connectivity index (χ2v) is 9.32. The molecule has 0 N–H and O–H groups in total. The smallest absolute Gasteiger partial charge is 0.138 e. The number of ether oxygens (including phenoxy) is 2. The number of nitrogens with zero attached hydrogens (tertiary/aromatic N) is 1. The Morgan fingerprint density at radius 2 is 1.90 bits per heavy atom. The summed E-state index contributed by atoms with van der Waals surface area (Å²) in [6, 6.07) is 14.5. The maximum absolute atomic E-state index is 6.44. The molecule has 3 aliphatic rings. The standard InChI is InChI=1S/C28H29NO2/c1-18(2)30-22-14-12-20-16-21-9-7-8-19(27(21)31-25(20)17-22)13-15-26-28(3,4)23-10-5-6-11-24(23)29-26/h5-6,10-18H,7-9H2,1-4H3/b15-13+. The Bertz CT molecular complexity index is 1160. The van der Waals surface area contributed by atoms with Gasteiger partial charge >= 0.3 is 0 Å². The maximum atomic E-state index is 6.44. The predicted octanol–water partition coefficient (Wildman–Crippen LogP) is 7.31. The molecule has 0 aromatic heterocycles. The third-order valence-electron chi connectivity index (χ3n) is 6.28. The fraction of sp³-hybridized carbons (Fsp3) is 0.321. The Kier molecular flexibility index (Phi) is 4.85. The van der Waals surface area contributed by atoms with E-state index in [9.17, 15) is 0 Å². The highest BCUT2D eigenvalue weighted by Gasteiger charge is 2.33. The summed E-state index contributed by atoms with van der Waals surface area (Å²) in [7, 11) is 0. The van der Waals surface area contributed by atoms with Crippen LogP contribution in [0.5, 0.6) is 11.5 Å². The van der Waals surface area contributed by atoms with Gasteiger partial charge in [0.05, 0.1) is 17.5 Å². The number of hydrogen-bond acceptors (Lipinski definition) is 3. The van der Waals surface area contributed by atoms with Crippen molar-refractivity contribution in [2.75, 3.05) is 0 Å². The van der Waals surface area contributed by atoms with Crippen LogP contribution in [0.1, 0.15) is 58.1 Å². The van der Waals surface area contributed by atoms with Crippen molar-refractivity contribution in [1.29, 1.82) is 0 Å². The van der Waals surface area contributed by atoms with E-state index in [2.05, 4.69) is 62.4 Å². The summed E-state index contributed by atoms with van der Waals surface area (Å²) in [4.78, 5) is 4.90. The Hall–Kier alpha value is -3.07. The maximum Gasteiger partial charge on any atom is 0.138 e. The van der Waals surface area contributed by atoms with Crippen LogP contribution in [0.25, 0.3) is 6.08 Å². The quantitative estimate of drug-likeness (QED) is 0.528. The lowest BCUT2D eigenvalue weighted by atomic mass is 9.81. The van der Waals surface area contributed by atoms with Gasteiger partial charge in [-0.3, -0.25) is 4.99 Å². The lowest BCUT2D eigenvalue weighted by Crippen LogP contribution is -2.23. The summed E-state index contributed by atoms with van der Waals surface area (Å²) in [5.74, 6) is 2.72. The molecule has 158 valence electrons. The highest BCUT2D eigenvalue weighted by molar-refractivity contribution is 6.08. The largest absolute Gasteiger partial charge is 0.491 e. The molecule has 0 radical (unpaired) electrons. The molecule has 3 nitrogen and oxygen atoms in total. The molecule has 1 aliphatic carbocycles. The van der Waals surface area contributed by atoms with E-state index in [4.69, 9.17) is 14.5 Å². The average Bonchev–Trinajstić information content (AvgIpc) is 3.00. The van der Waals surface area contributed by atoms with E-state index >= 15 is 0 Å². The first-order chi connectivity index (χ1) is 14.9. The van der Waals surface area contributed by atoms with E-state index in [0.29, 0.717) is 0 Å². The van der Waals surface area contributed by atoms with Crippen molar-refractivity contribution in [1.82, 2.24) is 0 Å². The fourth-order valence-corrected chi connectivity index (χ4v) is 4.63. The lowest BCUT2D eigenvalue weighted by Gasteiger charge is -2.27. The van der Waals surface area contributed by atoms with Crippen LogP contribution >= 0.6 is 0 Å². The Balaban J connectivity index is 1.47. The Morgan fingerprint density at radius 3 is 2.71 bits per heavy atom. The minimum Gasteiger partial charge on any atom is -0.491 e. The van der Waals surface area contributed by atoms with Crippen molar-refractivity contribution >= 4 is 17.5 Å². The van der Waals surface area contributed by atoms with Crippen LogP contribution in [-0.4, -0.2) is 11.8 Å². The van der Waals surface area contributed by atoms with Crippen molar-refractivity contribution in [3.63, 3.8) is 0 Å². The lowest BCUT2D eigenvalue weighted by molar-refractivity contribution is 0.241. The topological polar surface area (TPSA) is 30.8 Å². The molecule has 0 atom stereocenters. The minimum atomic E-state index is -0.0885. The van der Waals surface area contributed by atoms with E-state index in [1.807, 2.05) is 26.0 Å². The number of aliphatic imine (C=N–C) groups is 1. The predicted molar refractivity (Wildman–Crippen MR) is 127 cm³/mol. The first kappa shape index (κ1) is 19.9. The van der Waals surface area contributed by atoms with Gasteiger partial charge in [-0.2, -0.15) is 0 Å². The second-order valence-electron chi connectivity index (χ2n) is 9.32. The zero-order valence-corrected chi connectivity index (χ0v) is 18.7. The van der Waals surface area contributed by atoms with Gasteiger partial charge in [-0.1, -0.05) is 38.1 Å². The molecular weight excluding hydrogens is 382 g/mol. The SMILES string of the molecule is CC(C)Oc1ccc2c(c1)OC1=C(/C=C/C3=Nc4ccccc4C3(C)C)CCCC1=C2. The van der Waals surface area contributed by atoms with Crippen LogP contribution in [0.4, 0.5) is 5.69 Å². The molecule has 0 saturated carbocycles. The molecule has 0 saturated heterocycles. The summed E-state index contributed by atoms with van der Waals surface area (Å²) in [6.45, 7) is 8.57. The van der Waals surface area contributed by atoms with Crippen LogP contribution < -0.4 is 9.47 Å². The van der Waals surface area contributed by atoms with Gasteiger partial charge < -0.3 is 9.47 Å². The second kappa shape index (κ2) is 7.56. The average molecular weight is 412 g/mol. The third kappa shape index (κ3) is 3.63. The van der Waals surface area contributed by atoms with Crippen molar-refractivity contribution in [3.8, 4) is 11.5 Å². The number of fused-ring (bicyclic) bond motifs is 3. The van der Waals surface area contributed by atoms with Crippen LogP contribution in [0.3, 0.4) is 0 Å². The van der Waals surface area contributed by atoms with Gasteiger partial charge in [-0.25, -0.2) is 0 Å². The molecule has 0 unspecified atom stereocenters. The summed E-state index contributed by atoms with van der Waals surface area (Å²) in [6.07, 6.45) is 10.0. The normalized spacial score (nSPS) is 18.9. The number of benzene rings is 2. The van der Waals surface area contributed by atoms with Gasteiger partial charge in [0.1, 0.15) is 17.3 Å². The van der Waals surface area contributed by atoms with Gasteiger partial charge in [0.25, 0.3) is 0 Å². The van der Waals surface area contributed by atoms with E-state index in [0.717, 1.165) is 53.5 Å². The fourth-order valence-electron chi connectivity index (χ4n) is 4.63. The monoisotopic (exact) mass is 411 g/mol. The highest BCUT2D eigenvalue weighted by atomic mass is 16.5. The molecule has 2 aliphatic heterocycles. The molecule has 31 heavy (non-hydrogen) atoms. The Morgan fingerprint density at radius 1 is 1.06 bits per heavy atom. The van der Waals surface area contributed by atoms with Crippen molar-refractivity contribution < 1.29 is 9.47 Å². The van der Waals surface area contributed by atoms with Crippen LogP contribution in [-0.2, 0) is 5.41 Å². The van der Waals surface area contributed by atoms with Gasteiger partial charge in [0.15, 0.2) is 0 Å². The zero-order chi connectivity index (χ0) is 21.6. The first-order valence-electron chi connectivity index (χ1n) is 11.2. The number of rotatable bonds is 4. The van der Waals surface area contributed by atoms with Gasteiger partial charge in [-0.05, 0) is 80.2 Å². The van der Waals surface area contributed by atoms with Crippen LogP contribution in [0.15, 0.2) is 76.5 Å². The van der Waals surface area contributed by atoms with Crippen molar-refractivity contribution in [2.45, 2.75) is 58.5 Å². The first-order valence-corrected chi connectivity index (χ1v) is 11.2. The van der Waals surface area contributed by atoms with Gasteiger partial charge in [0.2, 0.25) is 0 Å².